The van der Waals surface area contributed by atoms with Crippen LogP contribution in [0.3, 0.4) is 0 Å². The fraction of sp³-hybridized carbons (Fsp3) is 0.0192. The SMILES string of the molecule is C=NC(=NC(=NCc1ccc2ccccc2c1)c1cc(-c2ccccc2)cc2c1oc1ccc3ccccc3c12)c1ccc2cc(-c3ccccc3)ccc2c1. The number of aliphatic imine (C=N–C) groups is 3. The minimum Gasteiger partial charge on any atom is -0.455 e. The summed E-state index contributed by atoms with van der Waals surface area (Å²) in [5.74, 6) is 1.00. The van der Waals surface area contributed by atoms with Crippen LogP contribution in [-0.2, 0) is 6.54 Å². The molecule has 0 unspecified atom stereocenters. The Kier molecular flexibility index (Phi) is 8.34. The number of amidine groups is 2. The molecule has 10 rings (SSSR count). The highest BCUT2D eigenvalue weighted by atomic mass is 16.3. The molecule has 0 atom stereocenters. The van der Waals surface area contributed by atoms with Gasteiger partial charge in [0.05, 0.1) is 12.1 Å². The maximum Gasteiger partial charge on any atom is 0.161 e. The second-order valence-corrected chi connectivity index (χ2v) is 14.1. The Morgan fingerprint density at radius 3 is 1.91 bits per heavy atom. The minimum absolute atomic E-state index is 0.411. The first-order valence-corrected chi connectivity index (χ1v) is 18.8. The van der Waals surface area contributed by atoms with Crippen molar-refractivity contribution in [1.29, 1.82) is 0 Å². The molecule has 0 saturated carbocycles. The van der Waals surface area contributed by atoms with E-state index in [2.05, 4.69) is 188 Å². The van der Waals surface area contributed by atoms with Crippen LogP contribution in [0.25, 0.3) is 76.5 Å². The molecule has 0 aliphatic heterocycles. The molecule has 56 heavy (non-hydrogen) atoms. The summed E-state index contributed by atoms with van der Waals surface area (Å²) >= 11 is 0. The number of nitrogens with zero attached hydrogens (tertiary/aromatic N) is 3. The molecule has 0 aliphatic carbocycles. The lowest BCUT2D eigenvalue weighted by molar-refractivity contribution is 0.668. The quantitative estimate of drug-likeness (QED) is 0.125. The predicted octanol–water partition coefficient (Wildman–Crippen LogP) is 13.5. The van der Waals surface area contributed by atoms with E-state index >= 15 is 0 Å². The van der Waals surface area contributed by atoms with Gasteiger partial charge in [-0.3, -0.25) is 4.99 Å². The van der Waals surface area contributed by atoms with Gasteiger partial charge in [-0.15, -0.1) is 0 Å². The first-order valence-electron chi connectivity index (χ1n) is 18.8. The van der Waals surface area contributed by atoms with Gasteiger partial charge in [-0.2, -0.15) is 0 Å². The normalized spacial score (nSPS) is 12.3. The Balaban J connectivity index is 1.18. The van der Waals surface area contributed by atoms with E-state index in [4.69, 9.17) is 14.4 Å². The Hall–Kier alpha value is -7.43. The van der Waals surface area contributed by atoms with Crippen LogP contribution in [0, 0.1) is 0 Å². The molecular weight excluding hydrogens is 683 g/mol. The van der Waals surface area contributed by atoms with E-state index in [-0.39, 0.29) is 0 Å². The van der Waals surface area contributed by atoms with Crippen molar-refractivity contribution in [3.05, 3.63) is 205 Å². The molecule has 10 aromatic rings. The molecule has 0 amide bonds. The summed E-state index contributed by atoms with van der Waals surface area (Å²) in [5, 5.41) is 8.96. The number of rotatable bonds is 6. The second-order valence-electron chi connectivity index (χ2n) is 14.1. The smallest absolute Gasteiger partial charge is 0.161 e. The van der Waals surface area contributed by atoms with Crippen molar-refractivity contribution in [2.24, 2.45) is 15.0 Å². The number of hydrogen-bond acceptors (Lipinski definition) is 2. The van der Waals surface area contributed by atoms with E-state index < -0.39 is 0 Å². The summed E-state index contributed by atoms with van der Waals surface area (Å²) in [6.07, 6.45) is 0. The summed E-state index contributed by atoms with van der Waals surface area (Å²) in [5.41, 5.74) is 8.76. The third kappa shape index (κ3) is 6.13. The van der Waals surface area contributed by atoms with Gasteiger partial charge >= 0.3 is 0 Å². The van der Waals surface area contributed by atoms with E-state index in [9.17, 15) is 0 Å². The van der Waals surface area contributed by atoms with E-state index in [0.29, 0.717) is 18.2 Å². The van der Waals surface area contributed by atoms with Gasteiger partial charge < -0.3 is 4.42 Å². The summed E-state index contributed by atoms with van der Waals surface area (Å²) in [4.78, 5) is 15.1. The molecule has 0 N–H and O–H groups in total. The van der Waals surface area contributed by atoms with Crippen LogP contribution in [0.5, 0.6) is 0 Å². The van der Waals surface area contributed by atoms with Gasteiger partial charge in [-0.05, 0) is 103 Å². The second kappa shape index (κ2) is 14.1. The largest absolute Gasteiger partial charge is 0.455 e. The molecule has 1 aromatic heterocycles. The highest BCUT2D eigenvalue weighted by Crippen LogP contribution is 2.39. The first kappa shape index (κ1) is 33.2. The fourth-order valence-corrected chi connectivity index (χ4v) is 7.78. The number of fused-ring (bicyclic) bond motifs is 7. The first-order chi connectivity index (χ1) is 27.7. The van der Waals surface area contributed by atoms with Gasteiger partial charge in [0.2, 0.25) is 0 Å². The molecule has 9 aromatic carbocycles. The fourth-order valence-electron chi connectivity index (χ4n) is 7.78. The van der Waals surface area contributed by atoms with Crippen molar-refractivity contribution in [2.75, 3.05) is 0 Å². The van der Waals surface area contributed by atoms with E-state index in [0.717, 1.165) is 71.3 Å². The van der Waals surface area contributed by atoms with E-state index in [1.54, 1.807) is 0 Å². The van der Waals surface area contributed by atoms with Gasteiger partial charge in [-0.25, -0.2) is 9.98 Å². The third-order valence-corrected chi connectivity index (χ3v) is 10.6. The van der Waals surface area contributed by atoms with Crippen LogP contribution < -0.4 is 0 Å². The molecule has 0 spiro atoms. The standard InChI is InChI=1S/C52H35N3O/c1-53-51(43-25-24-41-29-40(22-23-42(41)30-43)35-12-4-2-5-13-35)55-52(54-33-34-20-21-37-16-8-9-18-39(37)28-34)47-32-44(36-14-6-3-7-15-36)31-46-49-45-19-11-10-17-38(45)26-27-48(49)56-50(46)47/h2-32H,1,33H2. The molecular formula is C52H35N3O. The summed E-state index contributed by atoms with van der Waals surface area (Å²) in [7, 11) is 0. The van der Waals surface area contributed by atoms with Crippen molar-refractivity contribution in [3.8, 4) is 22.3 Å². The van der Waals surface area contributed by atoms with Gasteiger partial charge in [-0.1, -0.05) is 152 Å². The molecule has 4 nitrogen and oxygen atoms in total. The van der Waals surface area contributed by atoms with Crippen molar-refractivity contribution in [1.82, 2.24) is 0 Å². The van der Waals surface area contributed by atoms with Crippen molar-refractivity contribution >= 4 is 72.6 Å². The van der Waals surface area contributed by atoms with Gasteiger partial charge in [0.1, 0.15) is 11.2 Å². The third-order valence-electron chi connectivity index (χ3n) is 10.6. The van der Waals surface area contributed by atoms with E-state index in [1.807, 2.05) is 12.1 Å². The van der Waals surface area contributed by atoms with Gasteiger partial charge in [0.25, 0.3) is 0 Å². The molecule has 0 bridgehead atoms. The highest BCUT2D eigenvalue weighted by molar-refractivity contribution is 6.24. The number of hydrogen-bond donors (Lipinski definition) is 0. The Bertz CT molecular complexity index is 3180. The van der Waals surface area contributed by atoms with Crippen LogP contribution in [-0.4, -0.2) is 18.4 Å². The van der Waals surface area contributed by atoms with Gasteiger partial charge in [0.15, 0.2) is 11.7 Å². The Morgan fingerprint density at radius 1 is 0.464 bits per heavy atom. The topological polar surface area (TPSA) is 50.2 Å². The average Bonchev–Trinajstić information content (AvgIpc) is 3.66. The lowest BCUT2D eigenvalue weighted by Gasteiger charge is -2.11. The van der Waals surface area contributed by atoms with Crippen LogP contribution in [0.15, 0.2) is 207 Å². The lowest BCUT2D eigenvalue weighted by atomic mass is 9.97. The Morgan fingerprint density at radius 2 is 1.11 bits per heavy atom. The average molecular weight is 718 g/mol. The van der Waals surface area contributed by atoms with Crippen LogP contribution >= 0.6 is 0 Å². The van der Waals surface area contributed by atoms with Crippen molar-refractivity contribution in [3.63, 3.8) is 0 Å². The highest BCUT2D eigenvalue weighted by Gasteiger charge is 2.20. The van der Waals surface area contributed by atoms with Crippen LogP contribution in [0.1, 0.15) is 16.7 Å². The molecule has 0 fully saturated rings. The Labute approximate surface area is 324 Å². The van der Waals surface area contributed by atoms with Crippen LogP contribution in [0.2, 0.25) is 0 Å². The zero-order valence-corrected chi connectivity index (χ0v) is 30.6. The predicted molar refractivity (Wildman–Crippen MR) is 236 cm³/mol. The lowest BCUT2D eigenvalue weighted by Crippen LogP contribution is -2.06. The van der Waals surface area contributed by atoms with Crippen molar-refractivity contribution < 1.29 is 4.42 Å². The van der Waals surface area contributed by atoms with Crippen molar-refractivity contribution in [2.45, 2.75) is 6.54 Å². The summed E-state index contributed by atoms with van der Waals surface area (Å²) in [6.45, 7) is 4.42. The van der Waals surface area contributed by atoms with Crippen LogP contribution in [0.4, 0.5) is 0 Å². The minimum atomic E-state index is 0.411. The molecule has 264 valence electrons. The maximum atomic E-state index is 6.80. The molecule has 0 radical (unpaired) electrons. The molecule has 4 heteroatoms. The monoisotopic (exact) mass is 717 g/mol. The number of benzene rings is 9. The summed E-state index contributed by atoms with van der Waals surface area (Å²) in [6, 6.07) is 65.6. The molecule has 0 aliphatic rings. The number of furan rings is 1. The summed E-state index contributed by atoms with van der Waals surface area (Å²) < 4.78 is 6.80. The van der Waals surface area contributed by atoms with E-state index in [1.165, 1.54) is 21.9 Å². The zero-order valence-electron chi connectivity index (χ0n) is 30.6. The molecule has 0 saturated heterocycles. The maximum absolute atomic E-state index is 6.80. The molecule has 1 heterocycles. The zero-order chi connectivity index (χ0) is 37.4. The van der Waals surface area contributed by atoms with Gasteiger partial charge in [0, 0.05) is 16.3 Å².